The first-order valence-corrected chi connectivity index (χ1v) is 8.33. The van der Waals surface area contributed by atoms with Crippen LogP contribution in [0, 0.1) is 0 Å². The van der Waals surface area contributed by atoms with E-state index in [2.05, 4.69) is 4.74 Å². The van der Waals surface area contributed by atoms with Crippen molar-refractivity contribution in [1.29, 1.82) is 0 Å². The molecule has 0 aliphatic carbocycles. The Bertz CT molecular complexity index is 657. The summed E-state index contributed by atoms with van der Waals surface area (Å²) in [6, 6.07) is 0. The van der Waals surface area contributed by atoms with E-state index in [9.17, 15) is 24.0 Å². The highest BCUT2D eigenvalue weighted by atomic mass is 16.7. The molecule has 0 N–H and O–H groups in total. The average molecular weight is 422 g/mol. The minimum Gasteiger partial charge on any atom is -0.469 e. The molecule has 0 aromatic heterocycles. The molecule has 0 spiro atoms. The summed E-state index contributed by atoms with van der Waals surface area (Å²) in [4.78, 5) is 58.8. The van der Waals surface area contributed by atoms with Gasteiger partial charge < -0.3 is 28.4 Å². The predicted molar refractivity (Wildman–Crippen MR) is 93.2 cm³/mol. The molecule has 1 aliphatic rings. The van der Waals surface area contributed by atoms with E-state index in [-0.39, 0.29) is 12.8 Å². The lowest BCUT2D eigenvalue weighted by atomic mass is 9.92. The van der Waals surface area contributed by atoms with Gasteiger partial charge in [0, 0.05) is 39.5 Å². The first-order valence-electron chi connectivity index (χ1n) is 11.2. The Kier molecular flexibility index (Phi) is 7.18. The molecule has 0 bridgehead atoms. The van der Waals surface area contributed by atoms with Crippen molar-refractivity contribution < 1.29 is 57.9 Å². The third-order valence-corrected chi connectivity index (χ3v) is 3.80. The van der Waals surface area contributed by atoms with Crippen molar-refractivity contribution in [1.82, 2.24) is 0 Å². The van der Waals surface area contributed by atoms with Crippen LogP contribution < -0.4 is 0 Å². The highest BCUT2D eigenvalue weighted by Gasteiger charge is 2.51. The minimum atomic E-state index is -1.56. The van der Waals surface area contributed by atoms with Gasteiger partial charge in [0.2, 0.25) is 0 Å². The Hall–Kier alpha value is -2.69. The summed E-state index contributed by atoms with van der Waals surface area (Å²) < 4.78 is 59.4. The first-order chi connectivity index (χ1) is 15.7. The number of hydrogen-bond acceptors (Lipinski definition) is 11. The fourth-order valence-electron chi connectivity index (χ4n) is 2.77. The molecule has 0 amide bonds. The van der Waals surface area contributed by atoms with Crippen LogP contribution in [0.1, 0.15) is 45.9 Å². The number of rotatable bonds is 8. The quantitative estimate of drug-likeness (QED) is 0.387. The van der Waals surface area contributed by atoms with Crippen LogP contribution in [0.2, 0.25) is 0 Å². The zero-order valence-electron chi connectivity index (χ0n) is 19.8. The second kappa shape index (κ2) is 11.3. The predicted octanol–water partition coefficient (Wildman–Crippen LogP) is 0.0652. The number of ether oxygens (including phenoxy) is 6. The van der Waals surface area contributed by atoms with Crippen LogP contribution >= 0.6 is 0 Å². The van der Waals surface area contributed by atoms with Crippen LogP contribution in [0.25, 0.3) is 0 Å². The van der Waals surface area contributed by atoms with Crippen LogP contribution in [0.5, 0.6) is 0 Å². The van der Waals surface area contributed by atoms with Crippen LogP contribution in [-0.4, -0.2) is 74.1 Å². The molecule has 1 rings (SSSR count). The lowest BCUT2D eigenvalue weighted by Gasteiger charge is -2.44. The van der Waals surface area contributed by atoms with Crippen molar-refractivity contribution in [3.63, 3.8) is 0 Å². The third kappa shape index (κ3) is 8.06. The third-order valence-electron chi connectivity index (χ3n) is 3.80. The Morgan fingerprint density at radius 2 is 1.31 bits per heavy atom. The van der Waals surface area contributed by atoms with Gasteiger partial charge >= 0.3 is 29.8 Å². The maximum absolute atomic E-state index is 11.9. The summed E-state index contributed by atoms with van der Waals surface area (Å²) in [6.07, 6.45) is -7.36. The smallest absolute Gasteiger partial charge is 0.305 e. The van der Waals surface area contributed by atoms with Gasteiger partial charge in [-0.05, 0) is 6.42 Å². The highest BCUT2D eigenvalue weighted by Crippen LogP contribution is 2.31. The summed E-state index contributed by atoms with van der Waals surface area (Å²) in [6.45, 7) is -3.73. The van der Waals surface area contributed by atoms with Gasteiger partial charge in [0.25, 0.3) is 0 Å². The zero-order chi connectivity index (χ0) is 25.0. The van der Waals surface area contributed by atoms with E-state index in [0.717, 1.165) is 7.11 Å². The van der Waals surface area contributed by atoms with Crippen molar-refractivity contribution in [3.05, 3.63) is 0 Å². The topological polar surface area (TPSA) is 141 Å². The average Bonchev–Trinajstić information content (AvgIpc) is 2.83. The molecule has 0 aromatic rings. The minimum absolute atomic E-state index is 0.125. The van der Waals surface area contributed by atoms with E-state index in [4.69, 9.17) is 29.2 Å². The van der Waals surface area contributed by atoms with Crippen molar-refractivity contribution >= 4 is 29.8 Å². The fraction of sp³-hybridized carbons (Fsp3) is 0.722. The Morgan fingerprint density at radius 3 is 1.83 bits per heavy atom. The maximum Gasteiger partial charge on any atom is 0.305 e. The lowest BCUT2D eigenvalue weighted by molar-refractivity contribution is -0.253. The molecule has 1 unspecified atom stereocenters. The van der Waals surface area contributed by atoms with Crippen LogP contribution in [-0.2, 0) is 52.4 Å². The summed E-state index contributed by atoms with van der Waals surface area (Å²) >= 11 is 0. The molecule has 164 valence electrons. The lowest BCUT2D eigenvalue weighted by Crippen LogP contribution is -2.62. The summed E-state index contributed by atoms with van der Waals surface area (Å²) in [5.74, 6) is -4.75. The molecular weight excluding hydrogens is 392 g/mol. The number of carbonyl (C=O) groups excluding carboxylic acids is 5. The van der Waals surface area contributed by atoms with Crippen molar-refractivity contribution in [2.45, 2.75) is 71.0 Å². The molecule has 1 fully saturated rings. The van der Waals surface area contributed by atoms with Crippen LogP contribution in [0.4, 0.5) is 0 Å². The Morgan fingerprint density at radius 1 is 0.793 bits per heavy atom. The fourth-order valence-corrected chi connectivity index (χ4v) is 2.77. The largest absolute Gasteiger partial charge is 0.469 e. The molecule has 5 atom stereocenters. The van der Waals surface area contributed by atoms with Gasteiger partial charge in [0.05, 0.1) is 13.2 Å². The van der Waals surface area contributed by atoms with Gasteiger partial charge in [-0.1, -0.05) is 0 Å². The Labute approximate surface area is 173 Å². The maximum atomic E-state index is 11.9. The molecule has 0 aromatic carbocycles. The van der Waals surface area contributed by atoms with Gasteiger partial charge in [0.1, 0.15) is 12.7 Å². The molecule has 1 aliphatic heterocycles. The second-order valence-electron chi connectivity index (χ2n) is 5.87. The van der Waals surface area contributed by atoms with Crippen LogP contribution in [0.15, 0.2) is 0 Å². The zero-order valence-corrected chi connectivity index (χ0v) is 15.8. The van der Waals surface area contributed by atoms with Crippen molar-refractivity contribution in [2.75, 3.05) is 13.7 Å². The van der Waals surface area contributed by atoms with Gasteiger partial charge in [0.15, 0.2) is 18.3 Å². The molecule has 11 heteroatoms. The van der Waals surface area contributed by atoms with Crippen molar-refractivity contribution in [2.24, 2.45) is 0 Å². The number of hydrogen-bond donors (Lipinski definition) is 0. The molecule has 0 radical (unpaired) electrons. The molecular formula is C18H26O11. The van der Waals surface area contributed by atoms with Crippen LogP contribution in [0.3, 0.4) is 0 Å². The number of esters is 5. The van der Waals surface area contributed by atoms with E-state index in [0.29, 0.717) is 0 Å². The van der Waals surface area contributed by atoms with Gasteiger partial charge in [-0.3, -0.25) is 24.0 Å². The molecule has 11 nitrogen and oxygen atoms in total. The standard InChI is InChI=1S/C18H26O11/c1-9(19)25-8-14-17(27-11(3)21)18(28-12(4)22)16(26-10(2)20)13(29-14)6-7-15(23)24-5/h13-14,16-18H,6-8H2,1-5H3/t13?,14-,16+,17-,18-/m1/s1/i1D,2D,3D,4D. The van der Waals surface area contributed by atoms with E-state index >= 15 is 0 Å². The summed E-state index contributed by atoms with van der Waals surface area (Å²) in [7, 11) is 1.15. The van der Waals surface area contributed by atoms with E-state index in [1.54, 1.807) is 0 Å². The van der Waals surface area contributed by atoms with Crippen molar-refractivity contribution in [3.8, 4) is 0 Å². The molecule has 1 saturated heterocycles. The summed E-state index contributed by atoms with van der Waals surface area (Å²) in [5, 5.41) is 0. The van der Waals surface area contributed by atoms with E-state index in [1.165, 1.54) is 0 Å². The van der Waals surface area contributed by atoms with Gasteiger partial charge in [-0.15, -0.1) is 0 Å². The second-order valence-corrected chi connectivity index (χ2v) is 5.87. The van der Waals surface area contributed by atoms with Gasteiger partial charge in [-0.2, -0.15) is 0 Å². The number of methoxy groups -OCH3 is 1. The number of carbonyl (C=O) groups is 5. The monoisotopic (exact) mass is 422 g/mol. The molecule has 1 heterocycles. The summed E-state index contributed by atoms with van der Waals surface area (Å²) in [5.41, 5.74) is 0. The highest BCUT2D eigenvalue weighted by molar-refractivity contribution is 5.70. The molecule has 29 heavy (non-hydrogen) atoms. The Balaban J connectivity index is 3.37. The molecule has 0 saturated carbocycles. The van der Waals surface area contributed by atoms with E-state index < -0.39 is 94.6 Å². The van der Waals surface area contributed by atoms with E-state index in [1.807, 2.05) is 0 Å². The van der Waals surface area contributed by atoms with Gasteiger partial charge in [-0.25, -0.2) is 0 Å². The first kappa shape index (κ1) is 18.3. The normalized spacial score (nSPS) is 27.8. The SMILES string of the molecule is [2H]CC(=O)OC[C@H]1OC(CCC(=O)OC)[C@H](OC(=O)C[2H])[C@@H](OC(=O)C[2H])[C@@H]1OC(=O)C[2H].